The van der Waals surface area contributed by atoms with Gasteiger partial charge in [0.2, 0.25) is 0 Å². The lowest BCUT2D eigenvalue weighted by Crippen LogP contribution is -2.07. The lowest BCUT2D eigenvalue weighted by Gasteiger charge is -2.04. The van der Waals surface area contributed by atoms with Crippen LogP contribution >= 0.6 is 15.9 Å². The monoisotopic (exact) mass is 229 g/mol. The summed E-state index contributed by atoms with van der Waals surface area (Å²) in [4.78, 5) is 10.7. The van der Waals surface area contributed by atoms with E-state index < -0.39 is 5.97 Å². The molecule has 0 unspecified atom stereocenters. The first kappa shape index (κ1) is 9.22. The molecule has 4 heteroatoms. The highest BCUT2D eigenvalue weighted by molar-refractivity contribution is 9.10. The minimum absolute atomic E-state index is 0.225. The topological polar surface area (TPSA) is 63.3 Å². The third-order valence-corrected chi connectivity index (χ3v) is 2.30. The molecule has 0 aromatic heterocycles. The first-order valence-corrected chi connectivity index (χ1v) is 4.17. The molecule has 0 bridgehead atoms. The maximum absolute atomic E-state index is 10.7. The molecule has 3 N–H and O–H groups in total. The van der Waals surface area contributed by atoms with Gasteiger partial charge in [-0.2, -0.15) is 0 Å². The number of hydrogen-bond donors (Lipinski definition) is 2. The summed E-state index contributed by atoms with van der Waals surface area (Å²) in [5, 5.41) is 8.74. The van der Waals surface area contributed by atoms with E-state index in [1.807, 2.05) is 0 Å². The van der Waals surface area contributed by atoms with Crippen molar-refractivity contribution in [2.45, 2.75) is 6.54 Å². The highest BCUT2D eigenvalue weighted by Gasteiger charge is 2.10. The molecule has 1 aromatic carbocycles. The van der Waals surface area contributed by atoms with Crippen LogP contribution in [0.4, 0.5) is 0 Å². The fourth-order valence-corrected chi connectivity index (χ4v) is 1.49. The quantitative estimate of drug-likeness (QED) is 0.811. The van der Waals surface area contributed by atoms with Crippen molar-refractivity contribution in [3.05, 3.63) is 33.8 Å². The fourth-order valence-electron chi connectivity index (χ4n) is 0.966. The second-order valence-electron chi connectivity index (χ2n) is 2.28. The van der Waals surface area contributed by atoms with E-state index in [0.29, 0.717) is 5.56 Å². The van der Waals surface area contributed by atoms with Gasteiger partial charge >= 0.3 is 5.97 Å². The van der Waals surface area contributed by atoms with Crippen LogP contribution in [0.15, 0.2) is 22.7 Å². The van der Waals surface area contributed by atoms with E-state index in [4.69, 9.17) is 10.8 Å². The van der Waals surface area contributed by atoms with Crippen molar-refractivity contribution in [1.82, 2.24) is 0 Å². The van der Waals surface area contributed by atoms with E-state index in [-0.39, 0.29) is 12.1 Å². The lowest BCUT2D eigenvalue weighted by atomic mass is 10.1. The number of hydrogen-bond acceptors (Lipinski definition) is 2. The van der Waals surface area contributed by atoms with Crippen LogP contribution in [0.3, 0.4) is 0 Å². The molecule has 64 valence electrons. The Balaban J connectivity index is 3.27. The van der Waals surface area contributed by atoms with Crippen LogP contribution in [0.2, 0.25) is 0 Å². The average molecular weight is 230 g/mol. The molecule has 0 aliphatic heterocycles. The summed E-state index contributed by atoms with van der Waals surface area (Å²) < 4.78 is 0.741. The Morgan fingerprint density at radius 1 is 1.58 bits per heavy atom. The van der Waals surface area contributed by atoms with Gasteiger partial charge in [-0.25, -0.2) is 4.79 Å². The highest BCUT2D eigenvalue weighted by atomic mass is 79.9. The normalized spacial score (nSPS) is 9.83. The van der Waals surface area contributed by atoms with Crippen LogP contribution < -0.4 is 5.73 Å². The number of benzene rings is 1. The second kappa shape index (κ2) is 3.69. The van der Waals surface area contributed by atoms with E-state index in [9.17, 15) is 4.79 Å². The summed E-state index contributed by atoms with van der Waals surface area (Å²) in [5.41, 5.74) is 6.28. The van der Waals surface area contributed by atoms with Gasteiger partial charge in [-0.05, 0) is 17.7 Å². The summed E-state index contributed by atoms with van der Waals surface area (Å²) in [6, 6.07) is 4.98. The van der Waals surface area contributed by atoms with Gasteiger partial charge in [0.1, 0.15) is 0 Å². The number of nitrogens with two attached hydrogens (primary N) is 1. The van der Waals surface area contributed by atoms with E-state index in [2.05, 4.69) is 15.9 Å². The van der Waals surface area contributed by atoms with Crippen LogP contribution in [-0.2, 0) is 6.54 Å². The molecule has 3 nitrogen and oxygen atoms in total. The van der Waals surface area contributed by atoms with Crippen molar-refractivity contribution in [2.24, 2.45) is 5.73 Å². The minimum Gasteiger partial charge on any atom is -0.478 e. The van der Waals surface area contributed by atoms with E-state index in [1.165, 1.54) is 6.07 Å². The third kappa shape index (κ3) is 1.65. The molecule has 0 heterocycles. The molecule has 0 saturated heterocycles. The molecule has 0 radical (unpaired) electrons. The second-order valence-corrected chi connectivity index (χ2v) is 3.13. The predicted molar refractivity (Wildman–Crippen MR) is 49.0 cm³/mol. The Kier molecular flexibility index (Phi) is 2.83. The summed E-state index contributed by atoms with van der Waals surface area (Å²) in [6.07, 6.45) is 0. The number of aromatic carboxylic acids is 1. The maximum Gasteiger partial charge on any atom is 0.336 e. The standard InChI is InChI=1S/C8H8BrNO2/c9-7-3-1-2-5(8(11)12)6(7)4-10/h1-3H,4,10H2,(H,11,12). The first-order chi connectivity index (χ1) is 5.66. The van der Waals surface area contributed by atoms with E-state index >= 15 is 0 Å². The zero-order chi connectivity index (χ0) is 9.14. The molecular weight excluding hydrogens is 222 g/mol. The van der Waals surface area contributed by atoms with E-state index in [1.54, 1.807) is 12.1 Å². The first-order valence-electron chi connectivity index (χ1n) is 3.37. The SMILES string of the molecule is NCc1c(Br)cccc1C(=O)O. The molecule has 12 heavy (non-hydrogen) atoms. The van der Waals surface area contributed by atoms with Crippen LogP contribution in [0.25, 0.3) is 0 Å². The molecule has 0 saturated carbocycles. The summed E-state index contributed by atoms with van der Waals surface area (Å²) >= 11 is 3.23. The van der Waals surface area contributed by atoms with Gasteiger partial charge in [-0.1, -0.05) is 22.0 Å². The molecule has 0 aliphatic carbocycles. The van der Waals surface area contributed by atoms with Gasteiger partial charge in [0.25, 0.3) is 0 Å². The van der Waals surface area contributed by atoms with Gasteiger partial charge in [0.15, 0.2) is 0 Å². The van der Waals surface area contributed by atoms with Crippen molar-refractivity contribution in [2.75, 3.05) is 0 Å². The van der Waals surface area contributed by atoms with Crippen molar-refractivity contribution in [1.29, 1.82) is 0 Å². The van der Waals surface area contributed by atoms with Gasteiger partial charge in [-0.15, -0.1) is 0 Å². The molecule has 0 fully saturated rings. The lowest BCUT2D eigenvalue weighted by molar-refractivity contribution is 0.0695. The van der Waals surface area contributed by atoms with Crippen LogP contribution in [-0.4, -0.2) is 11.1 Å². The van der Waals surface area contributed by atoms with Crippen LogP contribution in [0, 0.1) is 0 Å². The van der Waals surface area contributed by atoms with Crippen LogP contribution in [0.5, 0.6) is 0 Å². The van der Waals surface area contributed by atoms with Gasteiger partial charge < -0.3 is 10.8 Å². The van der Waals surface area contributed by atoms with Gasteiger partial charge in [0.05, 0.1) is 5.56 Å². The largest absolute Gasteiger partial charge is 0.478 e. The predicted octanol–water partition coefficient (Wildman–Crippen LogP) is 1.61. The number of carboxylic acid groups (broad SMARTS) is 1. The summed E-state index contributed by atoms with van der Waals surface area (Å²) in [5.74, 6) is -0.947. The molecule has 0 amide bonds. The summed E-state index contributed by atoms with van der Waals surface area (Å²) in [7, 11) is 0. The Morgan fingerprint density at radius 2 is 2.25 bits per heavy atom. The van der Waals surface area contributed by atoms with Crippen molar-refractivity contribution in [3.8, 4) is 0 Å². The number of rotatable bonds is 2. The number of carboxylic acids is 1. The molecule has 1 rings (SSSR count). The molecular formula is C8H8BrNO2. The molecule has 0 spiro atoms. The van der Waals surface area contributed by atoms with Crippen LogP contribution in [0.1, 0.15) is 15.9 Å². The van der Waals surface area contributed by atoms with Gasteiger partial charge in [0, 0.05) is 11.0 Å². The highest BCUT2D eigenvalue weighted by Crippen LogP contribution is 2.19. The smallest absolute Gasteiger partial charge is 0.336 e. The Hall–Kier alpha value is -0.870. The number of carbonyl (C=O) groups is 1. The molecule has 1 aromatic rings. The Labute approximate surface area is 78.3 Å². The maximum atomic E-state index is 10.7. The zero-order valence-electron chi connectivity index (χ0n) is 6.25. The van der Waals surface area contributed by atoms with Gasteiger partial charge in [-0.3, -0.25) is 0 Å². The van der Waals surface area contributed by atoms with Crippen molar-refractivity contribution in [3.63, 3.8) is 0 Å². The van der Waals surface area contributed by atoms with E-state index in [0.717, 1.165) is 4.47 Å². The zero-order valence-corrected chi connectivity index (χ0v) is 7.84. The summed E-state index contributed by atoms with van der Waals surface area (Å²) in [6.45, 7) is 0.225. The average Bonchev–Trinajstić information content (AvgIpc) is 2.03. The molecule has 0 atom stereocenters. The Morgan fingerprint density at radius 3 is 2.67 bits per heavy atom. The van der Waals surface area contributed by atoms with Crippen molar-refractivity contribution >= 4 is 21.9 Å². The fraction of sp³-hybridized carbons (Fsp3) is 0.125. The minimum atomic E-state index is -0.947. The Bertz CT molecular complexity index is 312. The van der Waals surface area contributed by atoms with Crippen molar-refractivity contribution < 1.29 is 9.90 Å². The third-order valence-electron chi connectivity index (χ3n) is 1.55. The number of halogens is 1. The molecule has 0 aliphatic rings.